The Morgan fingerprint density at radius 1 is 0.917 bits per heavy atom. The highest BCUT2D eigenvalue weighted by Gasteiger charge is 2.32. The number of nitrogens with one attached hydrogen (secondary N) is 1. The Morgan fingerprint density at radius 2 is 1.69 bits per heavy atom. The highest BCUT2D eigenvalue weighted by Crippen LogP contribution is 2.30. The molecule has 0 aliphatic carbocycles. The Balaban J connectivity index is 0.967. The first-order valence-corrected chi connectivity index (χ1v) is 16.1. The van der Waals surface area contributed by atoms with Crippen LogP contribution < -0.4 is 15.0 Å². The number of hydrogen-bond donors (Lipinski definition) is 1. The van der Waals surface area contributed by atoms with Crippen molar-refractivity contribution in [3.63, 3.8) is 0 Å². The third-order valence-corrected chi connectivity index (χ3v) is 9.40. The van der Waals surface area contributed by atoms with Crippen molar-refractivity contribution in [2.45, 2.75) is 19.8 Å². The zero-order valence-electron chi connectivity index (χ0n) is 27.3. The second kappa shape index (κ2) is 13.0. The number of carbonyl (C=O) groups excluding carboxylic acids is 2. The normalized spacial score (nSPS) is 15.6. The van der Waals surface area contributed by atoms with Gasteiger partial charge in [0.2, 0.25) is 11.9 Å². The highest BCUT2D eigenvalue weighted by molar-refractivity contribution is 5.96. The van der Waals surface area contributed by atoms with E-state index in [9.17, 15) is 14.0 Å². The lowest BCUT2D eigenvalue weighted by atomic mass is 9.94. The smallest absolute Gasteiger partial charge is 0.254 e. The molecule has 5 aromatic rings. The fourth-order valence-corrected chi connectivity index (χ4v) is 6.71. The molecule has 0 saturated carbocycles. The van der Waals surface area contributed by atoms with E-state index in [0.717, 1.165) is 30.3 Å². The summed E-state index contributed by atoms with van der Waals surface area (Å²) in [4.78, 5) is 46.4. The summed E-state index contributed by atoms with van der Waals surface area (Å²) >= 11 is 0. The Hall–Kier alpha value is -5.46. The van der Waals surface area contributed by atoms with Crippen molar-refractivity contribution in [3.05, 3.63) is 84.3 Å². The maximum absolute atomic E-state index is 14.4. The molecule has 0 unspecified atom stereocenters. The zero-order chi connectivity index (χ0) is 33.4. The molecule has 2 aliphatic heterocycles. The van der Waals surface area contributed by atoms with Gasteiger partial charge < -0.3 is 29.3 Å². The first-order valence-electron chi connectivity index (χ1n) is 16.1. The average Bonchev–Trinajstić information content (AvgIpc) is 3.75. The highest BCUT2D eigenvalue weighted by atomic mass is 19.1. The van der Waals surface area contributed by atoms with E-state index in [4.69, 9.17) is 4.74 Å². The van der Waals surface area contributed by atoms with Crippen molar-refractivity contribution in [2.75, 3.05) is 56.6 Å². The molecular weight excluding hydrogens is 613 g/mol. The molecule has 13 heteroatoms. The number of aryl methyl sites for hydroxylation is 2. The van der Waals surface area contributed by atoms with Crippen LogP contribution in [0, 0.1) is 18.7 Å². The average molecular weight is 652 g/mol. The number of nitrogens with zero attached hydrogens (tertiary/aromatic N) is 8. The predicted molar refractivity (Wildman–Crippen MR) is 180 cm³/mol. The lowest BCUT2D eigenvalue weighted by Crippen LogP contribution is -2.52. The molecular formula is C35H38FN9O3. The number of likely N-dealkylation sites (tertiary alicyclic amines) is 1. The second-order valence-corrected chi connectivity index (χ2v) is 12.3. The van der Waals surface area contributed by atoms with Crippen molar-refractivity contribution in [1.82, 2.24) is 33.7 Å². The molecule has 248 valence electrons. The van der Waals surface area contributed by atoms with E-state index in [0.29, 0.717) is 67.3 Å². The maximum atomic E-state index is 14.4. The summed E-state index contributed by atoms with van der Waals surface area (Å²) in [5, 5.41) is 3.33. The lowest BCUT2D eigenvalue weighted by molar-refractivity contribution is -0.137. The number of ether oxygens (including phenoxy) is 1. The van der Waals surface area contributed by atoms with Crippen molar-refractivity contribution in [3.8, 4) is 17.0 Å². The largest absolute Gasteiger partial charge is 0.494 e. The van der Waals surface area contributed by atoms with E-state index < -0.39 is 5.82 Å². The Morgan fingerprint density at radius 3 is 2.38 bits per heavy atom. The van der Waals surface area contributed by atoms with Gasteiger partial charge in [-0.1, -0.05) is 0 Å². The Kier molecular flexibility index (Phi) is 8.42. The standard InChI is InChI=1S/C35H38FN9O3/c1-23-20-26(40-31-32-39-22-29(45(32)15-11-37-31)25-4-7-30(48-3)28(36)21-25)5-6-27(23)34(47)42-12-8-24(9-13-42)33(46)43-16-18-44(19-17-43)35-38-10-14-41(35)2/h4-7,10-11,14-15,20-22,24H,8-9,12-13,16-19H2,1-3H3,(H,37,40). The number of piperazine rings is 1. The maximum Gasteiger partial charge on any atom is 0.254 e. The van der Waals surface area contributed by atoms with Crippen molar-refractivity contribution < 1.29 is 18.7 Å². The third-order valence-electron chi connectivity index (χ3n) is 9.40. The number of piperidine rings is 1. The molecule has 2 amide bonds. The van der Waals surface area contributed by atoms with Gasteiger partial charge >= 0.3 is 0 Å². The van der Waals surface area contributed by atoms with Crippen LogP contribution in [0.25, 0.3) is 16.9 Å². The predicted octanol–water partition coefficient (Wildman–Crippen LogP) is 4.53. The zero-order valence-corrected chi connectivity index (χ0v) is 27.3. The number of aromatic nitrogens is 5. The molecule has 5 heterocycles. The van der Waals surface area contributed by atoms with E-state index in [-0.39, 0.29) is 23.5 Å². The molecule has 12 nitrogen and oxygen atoms in total. The van der Waals surface area contributed by atoms with Crippen LogP contribution in [0.5, 0.6) is 5.75 Å². The molecule has 2 aliphatic rings. The number of methoxy groups -OCH3 is 1. The van der Waals surface area contributed by atoms with E-state index in [2.05, 4.69) is 25.2 Å². The van der Waals surface area contributed by atoms with Gasteiger partial charge in [-0.05, 0) is 61.7 Å². The van der Waals surface area contributed by atoms with E-state index in [1.165, 1.54) is 13.2 Å². The monoisotopic (exact) mass is 651 g/mol. The van der Waals surface area contributed by atoms with Gasteiger partial charge in [0.25, 0.3) is 5.91 Å². The molecule has 3 aromatic heterocycles. The van der Waals surface area contributed by atoms with Crippen molar-refractivity contribution >= 4 is 34.9 Å². The second-order valence-electron chi connectivity index (χ2n) is 12.3. The molecule has 0 bridgehead atoms. The first-order chi connectivity index (χ1) is 23.3. The van der Waals surface area contributed by atoms with Crippen LogP contribution in [-0.2, 0) is 11.8 Å². The van der Waals surface area contributed by atoms with Crippen LogP contribution in [0.15, 0.2) is 67.4 Å². The van der Waals surface area contributed by atoms with Gasteiger partial charge in [0, 0.05) is 93.8 Å². The van der Waals surface area contributed by atoms with E-state index in [1.807, 2.05) is 57.1 Å². The van der Waals surface area contributed by atoms with Gasteiger partial charge in [-0.2, -0.15) is 0 Å². The van der Waals surface area contributed by atoms with E-state index in [1.54, 1.807) is 36.9 Å². The van der Waals surface area contributed by atoms with Crippen LogP contribution in [0.3, 0.4) is 0 Å². The molecule has 0 atom stereocenters. The molecule has 48 heavy (non-hydrogen) atoms. The first kappa shape index (κ1) is 31.2. The van der Waals surface area contributed by atoms with Gasteiger partial charge in [0.1, 0.15) is 0 Å². The third kappa shape index (κ3) is 5.91. The van der Waals surface area contributed by atoms with Gasteiger partial charge in [0.05, 0.1) is 19.0 Å². The minimum absolute atomic E-state index is 0.0292. The number of halogens is 1. The summed E-state index contributed by atoms with van der Waals surface area (Å²) < 4.78 is 23.3. The van der Waals surface area contributed by atoms with Gasteiger partial charge in [-0.25, -0.2) is 19.3 Å². The number of fused-ring (bicyclic) bond motifs is 1. The van der Waals surface area contributed by atoms with Crippen molar-refractivity contribution in [1.29, 1.82) is 0 Å². The topological polar surface area (TPSA) is 113 Å². The molecule has 2 aromatic carbocycles. The Labute approximate surface area is 277 Å². The molecule has 7 rings (SSSR count). The molecule has 1 N–H and O–H groups in total. The molecule has 2 saturated heterocycles. The van der Waals surface area contributed by atoms with Gasteiger partial charge in [-0.15, -0.1) is 0 Å². The SMILES string of the molecule is COc1ccc(-c2cnc3c(Nc4ccc(C(=O)N5CCC(C(=O)N6CCN(c7nccn7C)CC6)CC5)c(C)c4)nccn23)cc1F. The number of imidazole rings is 2. The van der Waals surface area contributed by atoms with Gasteiger partial charge in [0.15, 0.2) is 23.0 Å². The lowest BCUT2D eigenvalue weighted by Gasteiger charge is -2.39. The number of carbonyl (C=O) groups is 2. The summed E-state index contributed by atoms with van der Waals surface area (Å²) in [5.41, 5.74) is 4.17. The van der Waals surface area contributed by atoms with Crippen LogP contribution in [0.1, 0.15) is 28.8 Å². The summed E-state index contributed by atoms with van der Waals surface area (Å²) in [6.45, 7) is 5.90. The molecule has 0 radical (unpaired) electrons. The number of rotatable bonds is 7. The minimum Gasteiger partial charge on any atom is -0.494 e. The van der Waals surface area contributed by atoms with Crippen molar-refractivity contribution in [2.24, 2.45) is 13.0 Å². The number of hydrogen-bond acceptors (Lipinski definition) is 8. The van der Waals surface area contributed by atoms with Crippen LogP contribution in [0.2, 0.25) is 0 Å². The summed E-state index contributed by atoms with van der Waals surface area (Å²) in [7, 11) is 3.41. The van der Waals surface area contributed by atoms with Gasteiger partial charge in [-0.3, -0.25) is 14.0 Å². The quantitative estimate of drug-likeness (QED) is 0.273. The summed E-state index contributed by atoms with van der Waals surface area (Å²) in [6.07, 6.45) is 10.2. The number of amides is 2. The molecule has 0 spiro atoms. The van der Waals surface area contributed by atoms with Crippen LogP contribution in [-0.4, -0.2) is 91.9 Å². The number of anilines is 3. The summed E-state index contributed by atoms with van der Waals surface area (Å²) in [5.74, 6) is 1.28. The summed E-state index contributed by atoms with van der Waals surface area (Å²) in [6, 6.07) is 10.4. The van der Waals surface area contributed by atoms with E-state index >= 15 is 0 Å². The number of benzene rings is 2. The van der Waals surface area contributed by atoms with Crippen LogP contribution >= 0.6 is 0 Å². The minimum atomic E-state index is -0.452. The van der Waals surface area contributed by atoms with Crippen LogP contribution in [0.4, 0.5) is 21.8 Å². The fourth-order valence-electron chi connectivity index (χ4n) is 6.71. The molecule has 2 fully saturated rings. The fraction of sp³-hybridized carbons (Fsp3) is 0.343. The Bertz CT molecular complexity index is 1970.